The number of phenols is 1. The van der Waals surface area contributed by atoms with Gasteiger partial charge in [-0.2, -0.15) is 0 Å². The maximum absolute atomic E-state index is 13.0. The van der Waals surface area contributed by atoms with E-state index in [-0.39, 0.29) is 46.2 Å². The minimum absolute atomic E-state index is 0.0417. The number of nitrogens with one attached hydrogen (secondary N) is 3. The average Bonchev–Trinajstić information content (AvgIpc) is 2.83. The Morgan fingerprint density at radius 3 is 2.11 bits per heavy atom. The SMILES string of the molecule is CC(C)[C@@H](Nc1c(Nc2cccc(C(=O)N(C)C)c2O)c(=O)c1=O)C(=O)N[C@H](C)c1ccccc1. The van der Waals surface area contributed by atoms with Gasteiger partial charge in [-0.1, -0.05) is 50.2 Å². The molecule has 2 atom stereocenters. The molecule has 3 aromatic rings. The van der Waals surface area contributed by atoms with Gasteiger partial charge in [0.15, 0.2) is 5.75 Å². The van der Waals surface area contributed by atoms with E-state index >= 15 is 0 Å². The van der Waals surface area contributed by atoms with Crippen LogP contribution in [0.15, 0.2) is 58.1 Å². The zero-order chi connectivity index (χ0) is 25.9. The minimum atomic E-state index is -0.791. The third-order valence-corrected chi connectivity index (χ3v) is 5.75. The molecule has 0 saturated heterocycles. The highest BCUT2D eigenvalue weighted by molar-refractivity contribution is 5.99. The van der Waals surface area contributed by atoms with Crippen molar-refractivity contribution in [3.8, 4) is 5.75 Å². The van der Waals surface area contributed by atoms with Crippen molar-refractivity contribution < 1.29 is 14.7 Å². The summed E-state index contributed by atoms with van der Waals surface area (Å²) in [5.41, 5.74) is -0.589. The second-order valence-corrected chi connectivity index (χ2v) is 8.94. The lowest BCUT2D eigenvalue weighted by Crippen LogP contribution is -2.47. The largest absolute Gasteiger partial charge is 0.505 e. The summed E-state index contributed by atoms with van der Waals surface area (Å²) in [6.45, 7) is 5.51. The van der Waals surface area contributed by atoms with Crippen LogP contribution in [0.3, 0.4) is 0 Å². The summed E-state index contributed by atoms with van der Waals surface area (Å²) in [6.07, 6.45) is 0. The van der Waals surface area contributed by atoms with Crippen molar-refractivity contribution in [1.29, 1.82) is 0 Å². The van der Waals surface area contributed by atoms with E-state index in [0.29, 0.717) is 0 Å². The first-order valence-corrected chi connectivity index (χ1v) is 11.3. The van der Waals surface area contributed by atoms with Crippen LogP contribution in [0.5, 0.6) is 5.75 Å². The number of phenolic OH excluding ortho intramolecular Hbond substituents is 1. The lowest BCUT2D eigenvalue weighted by molar-refractivity contribution is -0.123. The van der Waals surface area contributed by atoms with Crippen molar-refractivity contribution in [2.75, 3.05) is 24.7 Å². The van der Waals surface area contributed by atoms with E-state index in [1.54, 1.807) is 20.2 Å². The zero-order valence-corrected chi connectivity index (χ0v) is 20.4. The molecule has 184 valence electrons. The van der Waals surface area contributed by atoms with Gasteiger partial charge in [-0.05, 0) is 30.5 Å². The number of aromatic hydroxyl groups is 1. The molecule has 0 aliphatic rings. The van der Waals surface area contributed by atoms with Gasteiger partial charge in [0.1, 0.15) is 17.4 Å². The van der Waals surface area contributed by atoms with Crippen molar-refractivity contribution >= 4 is 28.9 Å². The van der Waals surface area contributed by atoms with Gasteiger partial charge in [0.25, 0.3) is 16.8 Å². The first-order chi connectivity index (χ1) is 16.5. The third kappa shape index (κ3) is 5.34. The average molecular weight is 479 g/mol. The van der Waals surface area contributed by atoms with Crippen LogP contribution in [0.2, 0.25) is 0 Å². The molecule has 0 radical (unpaired) electrons. The Kier molecular flexibility index (Phi) is 7.58. The van der Waals surface area contributed by atoms with E-state index in [9.17, 15) is 24.3 Å². The summed E-state index contributed by atoms with van der Waals surface area (Å²) in [5, 5.41) is 19.2. The van der Waals surface area contributed by atoms with Crippen molar-refractivity contribution in [3.05, 3.63) is 80.1 Å². The first-order valence-electron chi connectivity index (χ1n) is 11.3. The maximum Gasteiger partial charge on any atom is 0.257 e. The molecule has 0 bridgehead atoms. The molecule has 3 aromatic carbocycles. The summed E-state index contributed by atoms with van der Waals surface area (Å²) in [7, 11) is 3.10. The van der Waals surface area contributed by atoms with Gasteiger partial charge in [-0.15, -0.1) is 0 Å². The van der Waals surface area contributed by atoms with E-state index in [1.807, 2.05) is 51.1 Å². The maximum atomic E-state index is 13.0. The summed E-state index contributed by atoms with van der Waals surface area (Å²) in [6, 6.07) is 12.9. The van der Waals surface area contributed by atoms with Crippen LogP contribution < -0.4 is 26.8 Å². The fourth-order valence-electron chi connectivity index (χ4n) is 3.66. The fourth-order valence-corrected chi connectivity index (χ4v) is 3.66. The lowest BCUT2D eigenvalue weighted by atomic mass is 10.0. The molecule has 35 heavy (non-hydrogen) atoms. The minimum Gasteiger partial charge on any atom is -0.505 e. The number of rotatable bonds is 9. The van der Waals surface area contributed by atoms with Gasteiger partial charge in [0.05, 0.1) is 17.3 Å². The Labute approximate surface area is 203 Å². The lowest BCUT2D eigenvalue weighted by Gasteiger charge is -2.26. The van der Waals surface area contributed by atoms with Crippen LogP contribution in [0.1, 0.15) is 42.7 Å². The normalized spacial score (nSPS) is 12.7. The molecule has 0 aromatic heterocycles. The van der Waals surface area contributed by atoms with Crippen molar-refractivity contribution in [2.24, 2.45) is 5.92 Å². The molecule has 0 fully saturated rings. The van der Waals surface area contributed by atoms with Crippen LogP contribution in [0.25, 0.3) is 0 Å². The number of hydrogen-bond donors (Lipinski definition) is 4. The van der Waals surface area contributed by atoms with Crippen LogP contribution >= 0.6 is 0 Å². The fraction of sp³-hybridized carbons (Fsp3) is 0.308. The van der Waals surface area contributed by atoms with E-state index < -0.39 is 22.8 Å². The predicted octanol–water partition coefficient (Wildman–Crippen LogP) is 2.75. The standard InChI is InChI=1S/C26H30N4O5/c1-14(2)19(25(34)27-15(3)16-10-7-6-8-11-16)29-21-20(23(32)24(21)33)28-18-13-9-12-17(22(18)31)26(35)30(4)5/h6-15,19,28-29,31H,1-5H3,(H,27,34)/t15-,19-/m1/s1. The van der Waals surface area contributed by atoms with Crippen molar-refractivity contribution in [3.63, 3.8) is 0 Å². The van der Waals surface area contributed by atoms with Crippen LogP contribution in [-0.2, 0) is 4.79 Å². The smallest absolute Gasteiger partial charge is 0.257 e. The molecule has 0 unspecified atom stereocenters. The number of para-hydroxylation sites is 1. The zero-order valence-electron chi connectivity index (χ0n) is 20.4. The van der Waals surface area contributed by atoms with Gasteiger partial charge in [0.2, 0.25) is 5.91 Å². The Morgan fingerprint density at radius 2 is 1.51 bits per heavy atom. The Balaban J connectivity index is 1.83. The molecular formula is C26H30N4O5. The molecule has 0 spiro atoms. The molecule has 0 aliphatic heterocycles. The number of hydrogen-bond acceptors (Lipinski definition) is 7. The van der Waals surface area contributed by atoms with E-state index in [1.165, 1.54) is 17.0 Å². The monoisotopic (exact) mass is 478 g/mol. The molecule has 0 saturated carbocycles. The molecule has 0 aliphatic carbocycles. The second-order valence-electron chi connectivity index (χ2n) is 8.94. The Morgan fingerprint density at radius 1 is 0.886 bits per heavy atom. The van der Waals surface area contributed by atoms with E-state index in [0.717, 1.165) is 5.56 Å². The van der Waals surface area contributed by atoms with Gasteiger partial charge < -0.3 is 26.0 Å². The highest BCUT2D eigenvalue weighted by Gasteiger charge is 2.30. The molecule has 9 heteroatoms. The Hall–Kier alpha value is -4.14. The van der Waals surface area contributed by atoms with Crippen molar-refractivity contribution in [1.82, 2.24) is 10.2 Å². The summed E-state index contributed by atoms with van der Waals surface area (Å²) in [4.78, 5) is 51.4. The number of carbonyl (C=O) groups is 2. The van der Waals surface area contributed by atoms with Gasteiger partial charge in [-0.25, -0.2) is 0 Å². The van der Waals surface area contributed by atoms with Gasteiger partial charge in [0, 0.05) is 14.1 Å². The number of nitrogens with zero attached hydrogens (tertiary/aromatic N) is 1. The molecule has 0 heterocycles. The van der Waals surface area contributed by atoms with Crippen LogP contribution in [0, 0.1) is 5.92 Å². The van der Waals surface area contributed by atoms with Crippen LogP contribution in [0.4, 0.5) is 17.1 Å². The number of amides is 2. The summed E-state index contributed by atoms with van der Waals surface area (Å²) in [5.74, 6) is -1.29. The highest BCUT2D eigenvalue weighted by atomic mass is 16.3. The van der Waals surface area contributed by atoms with Gasteiger partial charge in [-0.3, -0.25) is 19.2 Å². The molecular weight excluding hydrogens is 448 g/mol. The number of anilines is 3. The van der Waals surface area contributed by atoms with E-state index in [2.05, 4.69) is 16.0 Å². The predicted molar refractivity (Wildman–Crippen MR) is 136 cm³/mol. The number of carbonyl (C=O) groups excluding carboxylic acids is 2. The summed E-state index contributed by atoms with van der Waals surface area (Å²) >= 11 is 0. The first kappa shape index (κ1) is 25.5. The van der Waals surface area contributed by atoms with Crippen molar-refractivity contribution in [2.45, 2.75) is 32.9 Å². The molecule has 3 rings (SSSR count). The number of benzene rings is 2. The molecule has 4 N–H and O–H groups in total. The quantitative estimate of drug-likeness (QED) is 0.275. The topological polar surface area (TPSA) is 128 Å². The molecule has 9 nitrogen and oxygen atoms in total. The summed E-state index contributed by atoms with van der Waals surface area (Å²) < 4.78 is 0. The third-order valence-electron chi connectivity index (χ3n) is 5.75. The van der Waals surface area contributed by atoms with Gasteiger partial charge >= 0.3 is 0 Å². The second kappa shape index (κ2) is 10.4. The molecule has 2 amide bonds. The highest BCUT2D eigenvalue weighted by Crippen LogP contribution is 2.32. The Bertz CT molecular complexity index is 1290. The van der Waals surface area contributed by atoms with E-state index in [4.69, 9.17) is 0 Å². The van der Waals surface area contributed by atoms with Crippen LogP contribution in [-0.4, -0.2) is 42.0 Å².